The molecule has 1 aromatic carbocycles. The molecule has 0 aliphatic carbocycles. The molecule has 7 heteroatoms. The van der Waals surface area contributed by atoms with Gasteiger partial charge in [-0.15, -0.1) is 0 Å². The topological polar surface area (TPSA) is 75.0 Å². The number of para-hydroxylation sites is 1. The summed E-state index contributed by atoms with van der Waals surface area (Å²) in [5.74, 6) is 1.52. The summed E-state index contributed by atoms with van der Waals surface area (Å²) in [4.78, 5) is 22.3. The molecule has 0 saturated carbocycles. The zero-order chi connectivity index (χ0) is 19.8. The van der Waals surface area contributed by atoms with Crippen molar-refractivity contribution in [1.82, 2.24) is 14.4 Å². The van der Waals surface area contributed by atoms with Crippen LogP contribution in [0, 0.1) is 0 Å². The zero-order valence-corrected chi connectivity index (χ0v) is 16.4. The number of imidazole rings is 1. The van der Waals surface area contributed by atoms with Gasteiger partial charge in [0.05, 0.1) is 37.1 Å². The molecule has 2 aromatic heterocycles. The van der Waals surface area contributed by atoms with Gasteiger partial charge in [-0.1, -0.05) is 12.1 Å². The quantitative estimate of drug-likeness (QED) is 0.621. The Morgan fingerprint density at radius 1 is 1.21 bits per heavy atom. The number of hydrogen-bond donors (Lipinski definition) is 0. The van der Waals surface area contributed by atoms with Crippen LogP contribution in [0.25, 0.3) is 5.65 Å². The van der Waals surface area contributed by atoms with E-state index < -0.39 is 0 Å². The van der Waals surface area contributed by atoms with Gasteiger partial charge in [-0.25, -0.2) is 9.97 Å². The van der Waals surface area contributed by atoms with E-state index in [-0.39, 0.29) is 12.2 Å². The maximum absolute atomic E-state index is 13.0. The second kappa shape index (κ2) is 7.48. The van der Waals surface area contributed by atoms with E-state index in [2.05, 4.69) is 4.98 Å². The highest BCUT2D eigenvalue weighted by atomic mass is 16.5. The third kappa shape index (κ3) is 3.35. The van der Waals surface area contributed by atoms with Crippen LogP contribution >= 0.6 is 0 Å². The molecular weight excluding hydrogens is 370 g/mol. The molecule has 0 radical (unpaired) electrons. The van der Waals surface area contributed by atoms with Crippen molar-refractivity contribution in [3.8, 4) is 11.6 Å². The van der Waals surface area contributed by atoms with Crippen molar-refractivity contribution < 1.29 is 19.0 Å². The SMILES string of the molecule is COc1nc(CC(=O)c2cccc3c2OCC3)cn2cc(C3CCOCC3)nc12. The summed E-state index contributed by atoms with van der Waals surface area (Å²) in [7, 11) is 1.58. The summed E-state index contributed by atoms with van der Waals surface area (Å²) in [6.45, 7) is 2.15. The van der Waals surface area contributed by atoms with Gasteiger partial charge in [0.1, 0.15) is 5.75 Å². The molecule has 7 nitrogen and oxygen atoms in total. The molecule has 0 N–H and O–H groups in total. The molecule has 0 unspecified atom stereocenters. The van der Waals surface area contributed by atoms with E-state index in [1.54, 1.807) is 7.11 Å². The van der Waals surface area contributed by atoms with Gasteiger partial charge in [-0.05, 0) is 24.5 Å². The predicted molar refractivity (Wildman–Crippen MR) is 106 cm³/mol. The lowest BCUT2D eigenvalue weighted by atomic mass is 9.97. The lowest BCUT2D eigenvalue weighted by Gasteiger charge is -2.19. The number of methoxy groups -OCH3 is 1. The van der Waals surface area contributed by atoms with E-state index in [0.717, 1.165) is 49.5 Å². The Kier molecular flexibility index (Phi) is 4.67. The van der Waals surface area contributed by atoms with Crippen molar-refractivity contribution in [2.45, 2.75) is 31.6 Å². The molecular formula is C22H23N3O4. The first kappa shape index (κ1) is 18.1. The predicted octanol–water partition coefficient (Wildman–Crippen LogP) is 2.99. The number of Topliss-reactive ketones (excluding diaryl/α,β-unsaturated/α-hetero) is 1. The molecule has 0 spiro atoms. The first-order valence-corrected chi connectivity index (χ1v) is 10.0. The Labute approximate surface area is 168 Å². The fraction of sp³-hybridized carbons (Fsp3) is 0.409. The average Bonchev–Trinajstić information content (AvgIpc) is 3.40. The average molecular weight is 393 g/mol. The van der Waals surface area contributed by atoms with Gasteiger partial charge >= 0.3 is 0 Å². The molecule has 2 aliphatic rings. The molecule has 0 amide bonds. The minimum absolute atomic E-state index is 0.0116. The summed E-state index contributed by atoms with van der Waals surface area (Å²) in [5.41, 5.74) is 4.05. The highest BCUT2D eigenvalue weighted by Gasteiger charge is 2.23. The Morgan fingerprint density at radius 2 is 2.07 bits per heavy atom. The van der Waals surface area contributed by atoms with Crippen molar-refractivity contribution in [3.63, 3.8) is 0 Å². The smallest absolute Gasteiger partial charge is 0.258 e. The summed E-state index contributed by atoms with van der Waals surface area (Å²) in [5, 5.41) is 0. The van der Waals surface area contributed by atoms with E-state index in [1.165, 1.54) is 0 Å². The van der Waals surface area contributed by atoms with E-state index in [9.17, 15) is 4.79 Å². The first-order valence-electron chi connectivity index (χ1n) is 10.0. The maximum atomic E-state index is 13.0. The number of benzene rings is 1. The Balaban J connectivity index is 1.46. The highest BCUT2D eigenvalue weighted by molar-refractivity contribution is 6.00. The van der Waals surface area contributed by atoms with Crippen LogP contribution < -0.4 is 9.47 Å². The molecule has 1 saturated heterocycles. The van der Waals surface area contributed by atoms with Crippen LogP contribution in [0.3, 0.4) is 0 Å². The van der Waals surface area contributed by atoms with Gasteiger partial charge in [-0.2, -0.15) is 0 Å². The normalized spacial score (nSPS) is 16.6. The summed E-state index contributed by atoms with van der Waals surface area (Å²) in [6, 6.07) is 5.74. The van der Waals surface area contributed by atoms with Crippen molar-refractivity contribution >= 4 is 11.4 Å². The lowest BCUT2D eigenvalue weighted by molar-refractivity contribution is 0.0846. The molecule has 2 aliphatic heterocycles. The number of fused-ring (bicyclic) bond motifs is 2. The van der Waals surface area contributed by atoms with Crippen LogP contribution in [0.2, 0.25) is 0 Å². The number of hydrogen-bond acceptors (Lipinski definition) is 6. The number of rotatable bonds is 5. The third-order valence-corrected chi connectivity index (χ3v) is 5.66. The monoisotopic (exact) mass is 393 g/mol. The Bertz CT molecular complexity index is 1070. The van der Waals surface area contributed by atoms with Crippen molar-refractivity contribution in [1.29, 1.82) is 0 Å². The Morgan fingerprint density at radius 3 is 2.90 bits per heavy atom. The highest BCUT2D eigenvalue weighted by Crippen LogP contribution is 2.31. The molecule has 3 aromatic rings. The number of ether oxygens (including phenoxy) is 3. The molecule has 29 heavy (non-hydrogen) atoms. The number of carbonyl (C=O) groups is 1. The fourth-order valence-corrected chi connectivity index (χ4v) is 4.15. The zero-order valence-electron chi connectivity index (χ0n) is 16.4. The van der Waals surface area contributed by atoms with Crippen LogP contribution in [-0.2, 0) is 17.6 Å². The number of nitrogens with zero attached hydrogens (tertiary/aromatic N) is 3. The van der Waals surface area contributed by atoms with E-state index in [0.29, 0.717) is 35.3 Å². The van der Waals surface area contributed by atoms with E-state index in [1.807, 2.05) is 35.0 Å². The molecule has 4 heterocycles. The van der Waals surface area contributed by atoms with Gasteiger partial charge in [0.2, 0.25) is 5.65 Å². The standard InChI is InChI=1S/C22H23N3O4/c1-27-22-21-24-18(14-5-8-28-9-6-14)13-25(21)12-16(23-22)11-19(26)17-4-2-3-15-7-10-29-20(15)17/h2-4,12-14H,5-11H2,1H3. The second-order valence-corrected chi connectivity index (χ2v) is 7.52. The van der Waals surface area contributed by atoms with Crippen LogP contribution in [0.5, 0.6) is 11.6 Å². The van der Waals surface area contributed by atoms with Crippen LogP contribution in [0.4, 0.5) is 0 Å². The molecule has 0 atom stereocenters. The van der Waals surface area contributed by atoms with Crippen LogP contribution in [0.15, 0.2) is 30.6 Å². The van der Waals surface area contributed by atoms with E-state index >= 15 is 0 Å². The second-order valence-electron chi connectivity index (χ2n) is 7.52. The number of ketones is 1. The third-order valence-electron chi connectivity index (χ3n) is 5.66. The molecule has 1 fully saturated rings. The molecule has 5 rings (SSSR count). The van der Waals surface area contributed by atoms with Crippen molar-refractivity contribution in [3.05, 3.63) is 53.1 Å². The summed E-state index contributed by atoms with van der Waals surface area (Å²) < 4.78 is 18.5. The Hall–Kier alpha value is -2.93. The minimum atomic E-state index is -0.0116. The first-order chi connectivity index (χ1) is 14.2. The maximum Gasteiger partial charge on any atom is 0.258 e. The molecule has 0 bridgehead atoms. The number of aromatic nitrogens is 3. The van der Waals surface area contributed by atoms with Gasteiger partial charge in [0.25, 0.3) is 5.88 Å². The van der Waals surface area contributed by atoms with Gasteiger partial charge in [-0.3, -0.25) is 4.79 Å². The summed E-state index contributed by atoms with van der Waals surface area (Å²) >= 11 is 0. The summed E-state index contributed by atoms with van der Waals surface area (Å²) in [6.07, 6.45) is 6.84. The minimum Gasteiger partial charge on any atom is -0.492 e. The van der Waals surface area contributed by atoms with Crippen LogP contribution in [-0.4, -0.2) is 47.1 Å². The fourth-order valence-electron chi connectivity index (χ4n) is 4.15. The van der Waals surface area contributed by atoms with Crippen molar-refractivity contribution in [2.24, 2.45) is 0 Å². The largest absolute Gasteiger partial charge is 0.492 e. The van der Waals surface area contributed by atoms with E-state index in [4.69, 9.17) is 19.2 Å². The van der Waals surface area contributed by atoms with Gasteiger partial charge in [0, 0.05) is 37.9 Å². The number of carbonyl (C=O) groups excluding carboxylic acids is 1. The molecule has 150 valence electrons. The van der Waals surface area contributed by atoms with Crippen molar-refractivity contribution in [2.75, 3.05) is 26.9 Å². The van der Waals surface area contributed by atoms with Gasteiger partial charge < -0.3 is 18.6 Å². The van der Waals surface area contributed by atoms with Gasteiger partial charge in [0.15, 0.2) is 5.78 Å². The van der Waals surface area contributed by atoms with Crippen LogP contribution in [0.1, 0.15) is 46.1 Å². The lowest BCUT2D eigenvalue weighted by Crippen LogP contribution is -2.14.